The van der Waals surface area contributed by atoms with Crippen molar-refractivity contribution in [2.45, 2.75) is 26.4 Å². The fraction of sp³-hybridized carbons (Fsp3) is 0.182. The van der Waals surface area contributed by atoms with Gasteiger partial charge in [-0.05, 0) is 17.5 Å². The lowest BCUT2D eigenvalue weighted by Gasteiger charge is -2.05. The molecule has 0 bridgehead atoms. The Morgan fingerprint density at radius 3 is 2.70 bits per heavy atom. The number of nitrogens with one attached hydrogen (secondary N) is 1. The third-order valence-corrected chi connectivity index (χ3v) is 5.48. The van der Waals surface area contributed by atoms with E-state index in [4.69, 9.17) is 4.74 Å². The zero-order chi connectivity index (χ0) is 18.8. The molecule has 0 fully saturated rings. The lowest BCUT2D eigenvalue weighted by atomic mass is 10.0. The van der Waals surface area contributed by atoms with E-state index in [1.165, 1.54) is 5.56 Å². The van der Waals surface area contributed by atoms with E-state index in [9.17, 15) is 4.79 Å². The van der Waals surface area contributed by atoms with Crippen LogP contribution in [0.15, 0.2) is 60.1 Å². The van der Waals surface area contributed by atoms with Crippen LogP contribution in [0.4, 0.5) is 0 Å². The highest BCUT2D eigenvalue weighted by molar-refractivity contribution is 7.13. The van der Waals surface area contributed by atoms with Gasteiger partial charge in [-0.2, -0.15) is 0 Å². The second-order valence-electron chi connectivity index (χ2n) is 6.74. The monoisotopic (exact) mass is 376 g/mol. The van der Waals surface area contributed by atoms with E-state index in [-0.39, 0.29) is 12.6 Å². The van der Waals surface area contributed by atoms with E-state index in [0.717, 1.165) is 27.2 Å². The Labute approximate surface area is 161 Å². The van der Waals surface area contributed by atoms with Crippen LogP contribution < -0.4 is 0 Å². The first-order chi connectivity index (χ1) is 13.1. The fourth-order valence-corrected chi connectivity index (χ4v) is 3.78. The number of aromatic nitrogens is 2. The first-order valence-corrected chi connectivity index (χ1v) is 9.78. The molecule has 0 aliphatic heterocycles. The molecule has 2 heterocycles. The number of ether oxygens (including phenoxy) is 1. The maximum absolute atomic E-state index is 12.4. The van der Waals surface area contributed by atoms with Gasteiger partial charge in [-0.1, -0.05) is 56.3 Å². The van der Waals surface area contributed by atoms with Crippen molar-refractivity contribution in [1.29, 1.82) is 0 Å². The molecule has 0 unspecified atom stereocenters. The molecule has 2 aromatic heterocycles. The van der Waals surface area contributed by atoms with Crippen LogP contribution >= 0.6 is 11.3 Å². The summed E-state index contributed by atoms with van der Waals surface area (Å²) >= 11 is 1.56. The molecular weight excluding hydrogens is 356 g/mol. The van der Waals surface area contributed by atoms with Gasteiger partial charge in [0.05, 0.1) is 11.3 Å². The van der Waals surface area contributed by atoms with Crippen molar-refractivity contribution in [2.24, 2.45) is 0 Å². The van der Waals surface area contributed by atoms with Crippen LogP contribution in [0.2, 0.25) is 0 Å². The molecule has 4 aromatic rings. The quantitative estimate of drug-likeness (QED) is 0.450. The van der Waals surface area contributed by atoms with Crippen LogP contribution in [-0.4, -0.2) is 15.9 Å². The topological polar surface area (TPSA) is 55.0 Å². The summed E-state index contributed by atoms with van der Waals surface area (Å²) < 4.78 is 5.47. The molecule has 0 spiro atoms. The molecule has 0 amide bonds. The molecule has 0 aliphatic rings. The Balaban J connectivity index is 1.44. The molecule has 0 atom stereocenters. The SMILES string of the molecule is CC(C)c1ccc(-c2nc(COC(=O)c3c[nH]c4ccccc34)cs2)cc1. The Morgan fingerprint density at radius 1 is 1.15 bits per heavy atom. The van der Waals surface area contributed by atoms with Crippen LogP contribution in [0.1, 0.15) is 41.4 Å². The number of H-pyrrole nitrogens is 1. The molecule has 0 saturated heterocycles. The predicted molar refractivity (Wildman–Crippen MR) is 109 cm³/mol. The van der Waals surface area contributed by atoms with Crippen LogP contribution in [-0.2, 0) is 11.3 Å². The van der Waals surface area contributed by atoms with Gasteiger partial charge in [0, 0.05) is 28.0 Å². The summed E-state index contributed by atoms with van der Waals surface area (Å²) in [5.41, 5.74) is 4.62. The van der Waals surface area contributed by atoms with E-state index in [2.05, 4.69) is 48.1 Å². The minimum atomic E-state index is -0.344. The number of rotatable bonds is 5. The van der Waals surface area contributed by atoms with E-state index in [1.807, 2.05) is 29.6 Å². The Bertz CT molecular complexity index is 1080. The molecule has 0 aliphatic carbocycles. The Morgan fingerprint density at radius 2 is 1.93 bits per heavy atom. The molecule has 4 rings (SSSR count). The number of hydrogen-bond acceptors (Lipinski definition) is 4. The summed E-state index contributed by atoms with van der Waals surface area (Å²) in [6, 6.07) is 16.1. The number of thiazole rings is 1. The van der Waals surface area contributed by atoms with Gasteiger partial charge in [0.25, 0.3) is 0 Å². The molecule has 5 heteroatoms. The molecule has 0 radical (unpaired) electrons. The number of hydrogen-bond donors (Lipinski definition) is 1. The van der Waals surface area contributed by atoms with Crippen LogP contribution in [0.5, 0.6) is 0 Å². The molecule has 27 heavy (non-hydrogen) atoms. The molecule has 136 valence electrons. The van der Waals surface area contributed by atoms with Crippen LogP contribution in [0, 0.1) is 0 Å². The summed E-state index contributed by atoms with van der Waals surface area (Å²) in [5, 5.41) is 3.74. The maximum atomic E-state index is 12.4. The normalized spacial score (nSPS) is 11.2. The highest BCUT2D eigenvalue weighted by Gasteiger charge is 2.14. The number of nitrogens with zero attached hydrogens (tertiary/aromatic N) is 1. The van der Waals surface area contributed by atoms with Gasteiger partial charge in [0.15, 0.2) is 0 Å². The Hall–Kier alpha value is -2.92. The minimum absolute atomic E-state index is 0.166. The standard InChI is InChI=1S/C22H20N2O2S/c1-14(2)15-7-9-16(10-8-15)21-24-17(13-27-21)12-26-22(25)19-11-23-20-6-4-3-5-18(19)20/h3-11,13-14,23H,12H2,1-2H3. The number of para-hydroxylation sites is 1. The highest BCUT2D eigenvalue weighted by atomic mass is 32.1. The highest BCUT2D eigenvalue weighted by Crippen LogP contribution is 2.26. The smallest absolute Gasteiger partial charge is 0.340 e. The zero-order valence-electron chi connectivity index (χ0n) is 15.2. The average Bonchev–Trinajstić information content (AvgIpc) is 3.33. The largest absolute Gasteiger partial charge is 0.455 e. The molecule has 2 aromatic carbocycles. The summed E-state index contributed by atoms with van der Waals surface area (Å²) in [5.74, 6) is 0.165. The molecular formula is C22H20N2O2S. The van der Waals surface area contributed by atoms with Crippen LogP contribution in [0.3, 0.4) is 0 Å². The molecule has 4 nitrogen and oxygen atoms in total. The van der Waals surface area contributed by atoms with E-state index in [1.54, 1.807) is 17.5 Å². The van der Waals surface area contributed by atoms with Gasteiger partial charge in [0.2, 0.25) is 0 Å². The number of carbonyl (C=O) groups is 1. The second kappa shape index (κ2) is 7.37. The third-order valence-electron chi connectivity index (χ3n) is 4.54. The maximum Gasteiger partial charge on any atom is 0.340 e. The van der Waals surface area contributed by atoms with E-state index in [0.29, 0.717) is 11.5 Å². The number of fused-ring (bicyclic) bond motifs is 1. The van der Waals surface area contributed by atoms with E-state index >= 15 is 0 Å². The summed E-state index contributed by atoms with van der Waals surface area (Å²) in [4.78, 5) is 20.1. The summed E-state index contributed by atoms with van der Waals surface area (Å²) in [6.45, 7) is 4.52. The van der Waals surface area contributed by atoms with Gasteiger partial charge in [-0.25, -0.2) is 9.78 Å². The zero-order valence-corrected chi connectivity index (χ0v) is 16.0. The van der Waals surface area contributed by atoms with Crippen molar-refractivity contribution in [3.63, 3.8) is 0 Å². The van der Waals surface area contributed by atoms with E-state index < -0.39 is 0 Å². The van der Waals surface area contributed by atoms with Crippen molar-refractivity contribution in [2.75, 3.05) is 0 Å². The van der Waals surface area contributed by atoms with Gasteiger partial charge < -0.3 is 9.72 Å². The first kappa shape index (κ1) is 17.5. The molecule has 1 N–H and O–H groups in total. The summed E-state index contributed by atoms with van der Waals surface area (Å²) in [6.07, 6.45) is 1.69. The van der Waals surface area contributed by atoms with Crippen molar-refractivity contribution >= 4 is 28.2 Å². The van der Waals surface area contributed by atoms with Gasteiger partial charge in [-0.15, -0.1) is 11.3 Å². The minimum Gasteiger partial charge on any atom is -0.455 e. The van der Waals surface area contributed by atoms with Gasteiger partial charge >= 0.3 is 5.97 Å². The van der Waals surface area contributed by atoms with Gasteiger partial charge in [0.1, 0.15) is 11.6 Å². The van der Waals surface area contributed by atoms with Crippen LogP contribution in [0.25, 0.3) is 21.5 Å². The lowest BCUT2D eigenvalue weighted by molar-refractivity contribution is 0.0471. The second-order valence-corrected chi connectivity index (χ2v) is 7.60. The predicted octanol–water partition coefficient (Wildman–Crippen LogP) is 5.77. The summed E-state index contributed by atoms with van der Waals surface area (Å²) in [7, 11) is 0. The lowest BCUT2D eigenvalue weighted by Crippen LogP contribution is -2.04. The number of carbonyl (C=O) groups excluding carboxylic acids is 1. The number of aromatic amines is 1. The first-order valence-electron chi connectivity index (χ1n) is 8.90. The fourth-order valence-electron chi connectivity index (χ4n) is 2.97. The van der Waals surface area contributed by atoms with Crippen molar-refractivity contribution < 1.29 is 9.53 Å². The van der Waals surface area contributed by atoms with Gasteiger partial charge in [-0.3, -0.25) is 0 Å². The van der Waals surface area contributed by atoms with Crippen molar-refractivity contribution in [3.8, 4) is 10.6 Å². The average molecular weight is 376 g/mol. The third kappa shape index (κ3) is 3.64. The van der Waals surface area contributed by atoms with Crippen molar-refractivity contribution in [1.82, 2.24) is 9.97 Å². The molecule has 0 saturated carbocycles. The number of benzene rings is 2. The number of esters is 1. The Kier molecular flexibility index (Phi) is 4.77. The van der Waals surface area contributed by atoms with Crippen molar-refractivity contribution in [3.05, 3.63) is 76.9 Å².